The normalized spacial score (nSPS) is 9.71. The van der Waals surface area contributed by atoms with Crippen LogP contribution >= 0.6 is 11.6 Å². The van der Waals surface area contributed by atoms with Crippen molar-refractivity contribution >= 4 is 23.0 Å². The van der Waals surface area contributed by atoms with E-state index < -0.39 is 5.82 Å². The van der Waals surface area contributed by atoms with E-state index in [1.807, 2.05) is 6.07 Å². The van der Waals surface area contributed by atoms with E-state index in [1.165, 1.54) is 18.3 Å². The van der Waals surface area contributed by atoms with Gasteiger partial charge in [0.25, 0.3) is 0 Å². The molecule has 1 N–H and O–H groups in total. The average molecular weight is 248 g/mol. The largest absolute Gasteiger partial charge is 0.355 e. The fourth-order valence-corrected chi connectivity index (χ4v) is 1.49. The molecule has 0 amide bonds. The van der Waals surface area contributed by atoms with Crippen molar-refractivity contribution in [3.05, 3.63) is 53.1 Å². The van der Waals surface area contributed by atoms with Crippen LogP contribution in [-0.4, -0.2) is 4.98 Å². The highest BCUT2D eigenvalue weighted by molar-refractivity contribution is 6.31. The lowest BCUT2D eigenvalue weighted by Gasteiger charge is -2.06. The van der Waals surface area contributed by atoms with Gasteiger partial charge in [-0.3, -0.25) is 0 Å². The van der Waals surface area contributed by atoms with Gasteiger partial charge in [-0.25, -0.2) is 9.37 Å². The molecule has 0 spiro atoms. The number of anilines is 2. The first-order chi connectivity index (χ1) is 8.19. The SMILES string of the molecule is N#Cc1cc(Nc2ccc(F)c(Cl)c2)ccn1. The maximum atomic E-state index is 12.9. The van der Waals surface area contributed by atoms with Crippen molar-refractivity contribution in [3.8, 4) is 6.07 Å². The second kappa shape index (κ2) is 4.81. The molecule has 1 heterocycles. The van der Waals surface area contributed by atoms with Crippen LogP contribution in [-0.2, 0) is 0 Å². The zero-order valence-corrected chi connectivity index (χ0v) is 9.37. The van der Waals surface area contributed by atoms with Gasteiger partial charge in [0.2, 0.25) is 0 Å². The molecule has 0 saturated carbocycles. The number of nitrogens with one attached hydrogen (secondary N) is 1. The van der Waals surface area contributed by atoms with Crippen LogP contribution < -0.4 is 5.32 Å². The predicted molar refractivity (Wildman–Crippen MR) is 63.6 cm³/mol. The molecule has 17 heavy (non-hydrogen) atoms. The first kappa shape index (κ1) is 11.4. The van der Waals surface area contributed by atoms with Crippen molar-refractivity contribution in [3.63, 3.8) is 0 Å². The van der Waals surface area contributed by atoms with Crippen molar-refractivity contribution in [2.45, 2.75) is 0 Å². The molecule has 1 aromatic carbocycles. The zero-order chi connectivity index (χ0) is 12.3. The van der Waals surface area contributed by atoms with E-state index >= 15 is 0 Å². The van der Waals surface area contributed by atoms with E-state index in [-0.39, 0.29) is 5.02 Å². The zero-order valence-electron chi connectivity index (χ0n) is 8.61. The summed E-state index contributed by atoms with van der Waals surface area (Å²) >= 11 is 5.66. The van der Waals surface area contributed by atoms with Crippen LogP contribution in [0, 0.1) is 17.1 Å². The molecule has 0 radical (unpaired) electrons. The topological polar surface area (TPSA) is 48.7 Å². The van der Waals surface area contributed by atoms with Gasteiger partial charge in [0, 0.05) is 17.6 Å². The number of nitrogens with zero attached hydrogens (tertiary/aromatic N) is 2. The minimum Gasteiger partial charge on any atom is -0.355 e. The van der Waals surface area contributed by atoms with Gasteiger partial charge < -0.3 is 5.32 Å². The second-order valence-corrected chi connectivity index (χ2v) is 3.70. The van der Waals surface area contributed by atoms with E-state index in [1.54, 1.807) is 18.2 Å². The van der Waals surface area contributed by atoms with Crippen LogP contribution in [0.2, 0.25) is 5.02 Å². The summed E-state index contributed by atoms with van der Waals surface area (Å²) in [4.78, 5) is 3.84. The molecule has 5 heteroatoms. The summed E-state index contributed by atoms with van der Waals surface area (Å²) in [6, 6.07) is 9.55. The van der Waals surface area contributed by atoms with Crippen LogP contribution in [0.3, 0.4) is 0 Å². The molecule has 0 aliphatic heterocycles. The maximum absolute atomic E-state index is 12.9. The third-order valence-electron chi connectivity index (χ3n) is 2.08. The van der Waals surface area contributed by atoms with Crippen molar-refractivity contribution < 1.29 is 4.39 Å². The molecule has 0 atom stereocenters. The van der Waals surface area contributed by atoms with Gasteiger partial charge in [0.15, 0.2) is 0 Å². The Morgan fingerprint density at radius 2 is 2.00 bits per heavy atom. The van der Waals surface area contributed by atoms with Crippen LogP contribution in [0.1, 0.15) is 5.69 Å². The number of aromatic nitrogens is 1. The standard InChI is InChI=1S/C12H7ClFN3/c13-11-6-8(1-2-12(11)14)17-9-3-4-16-10(5-9)7-15/h1-6H,(H,16,17). The Bertz CT molecular complexity index is 593. The smallest absolute Gasteiger partial charge is 0.142 e. The highest BCUT2D eigenvalue weighted by Crippen LogP contribution is 2.22. The molecule has 0 unspecified atom stereocenters. The van der Waals surface area contributed by atoms with Gasteiger partial charge in [-0.05, 0) is 30.3 Å². The Balaban J connectivity index is 2.25. The minimum absolute atomic E-state index is 0.0459. The molecule has 0 aliphatic carbocycles. The van der Waals surface area contributed by atoms with E-state index in [0.717, 1.165) is 0 Å². The van der Waals surface area contributed by atoms with Crippen LogP contribution in [0.4, 0.5) is 15.8 Å². The molecule has 0 aliphatic rings. The average Bonchev–Trinajstić information content (AvgIpc) is 2.34. The number of halogens is 2. The van der Waals surface area contributed by atoms with E-state index in [4.69, 9.17) is 16.9 Å². The number of pyridine rings is 1. The van der Waals surface area contributed by atoms with Crippen LogP contribution in [0.5, 0.6) is 0 Å². The third-order valence-corrected chi connectivity index (χ3v) is 2.37. The first-order valence-electron chi connectivity index (χ1n) is 4.77. The lowest BCUT2D eigenvalue weighted by atomic mass is 10.2. The van der Waals surface area contributed by atoms with Crippen molar-refractivity contribution in [2.75, 3.05) is 5.32 Å². The summed E-state index contributed by atoms with van der Waals surface area (Å²) in [6.45, 7) is 0. The minimum atomic E-state index is -0.468. The molecule has 1 aromatic heterocycles. The molecule has 84 valence electrons. The van der Waals surface area contributed by atoms with Crippen molar-refractivity contribution in [2.24, 2.45) is 0 Å². The van der Waals surface area contributed by atoms with Gasteiger partial charge in [-0.2, -0.15) is 5.26 Å². The second-order valence-electron chi connectivity index (χ2n) is 3.30. The molecular formula is C12H7ClFN3. The van der Waals surface area contributed by atoms with Gasteiger partial charge >= 0.3 is 0 Å². The number of hydrogen-bond donors (Lipinski definition) is 1. The summed E-state index contributed by atoms with van der Waals surface area (Å²) in [6.07, 6.45) is 1.52. The van der Waals surface area contributed by atoms with E-state index in [9.17, 15) is 4.39 Å². The van der Waals surface area contributed by atoms with E-state index in [0.29, 0.717) is 17.1 Å². The van der Waals surface area contributed by atoms with Crippen molar-refractivity contribution in [1.82, 2.24) is 4.98 Å². The maximum Gasteiger partial charge on any atom is 0.142 e. The lowest BCUT2D eigenvalue weighted by molar-refractivity contribution is 0.628. The van der Waals surface area contributed by atoms with Crippen LogP contribution in [0.15, 0.2) is 36.5 Å². The summed E-state index contributed by atoms with van der Waals surface area (Å²) in [7, 11) is 0. The fraction of sp³-hybridized carbons (Fsp3) is 0. The third kappa shape index (κ3) is 2.71. The Kier molecular flexibility index (Phi) is 3.22. The fourth-order valence-electron chi connectivity index (χ4n) is 1.31. The lowest BCUT2D eigenvalue weighted by Crippen LogP contribution is -1.92. The summed E-state index contributed by atoms with van der Waals surface area (Å²) < 4.78 is 12.9. The number of benzene rings is 1. The summed E-state index contributed by atoms with van der Waals surface area (Å²) in [5, 5.41) is 11.7. The van der Waals surface area contributed by atoms with Gasteiger partial charge in [-0.1, -0.05) is 11.6 Å². The van der Waals surface area contributed by atoms with Gasteiger partial charge in [-0.15, -0.1) is 0 Å². The van der Waals surface area contributed by atoms with Crippen LogP contribution in [0.25, 0.3) is 0 Å². The highest BCUT2D eigenvalue weighted by atomic mass is 35.5. The number of nitriles is 1. The monoisotopic (exact) mass is 247 g/mol. The molecule has 0 saturated heterocycles. The Morgan fingerprint density at radius 3 is 2.71 bits per heavy atom. The highest BCUT2D eigenvalue weighted by Gasteiger charge is 2.02. The van der Waals surface area contributed by atoms with Gasteiger partial charge in [0.1, 0.15) is 17.6 Å². The Labute approximate surface area is 102 Å². The predicted octanol–water partition coefficient (Wildman–Crippen LogP) is 3.49. The molecule has 2 rings (SSSR count). The summed E-state index contributed by atoms with van der Waals surface area (Å²) in [5.74, 6) is -0.468. The van der Waals surface area contributed by atoms with Crippen molar-refractivity contribution in [1.29, 1.82) is 5.26 Å². The number of rotatable bonds is 2. The van der Waals surface area contributed by atoms with E-state index in [2.05, 4.69) is 10.3 Å². The first-order valence-corrected chi connectivity index (χ1v) is 5.15. The number of hydrogen-bond acceptors (Lipinski definition) is 3. The summed E-state index contributed by atoms with van der Waals surface area (Å²) in [5.41, 5.74) is 1.65. The quantitative estimate of drug-likeness (QED) is 0.884. The Hall–Kier alpha value is -2.12. The molecule has 3 nitrogen and oxygen atoms in total. The molecular weight excluding hydrogens is 241 g/mol. The molecule has 2 aromatic rings. The Morgan fingerprint density at radius 1 is 1.24 bits per heavy atom. The molecule has 0 fully saturated rings. The molecule has 0 bridgehead atoms. The van der Waals surface area contributed by atoms with Gasteiger partial charge in [0.05, 0.1) is 5.02 Å².